The molecule has 0 heterocycles. The van der Waals surface area contributed by atoms with Gasteiger partial charge in [0, 0.05) is 23.7 Å². The maximum atomic E-state index is 10.7. The highest BCUT2D eigenvalue weighted by molar-refractivity contribution is 5.78. The molecule has 0 bridgehead atoms. The first-order chi connectivity index (χ1) is 9.77. The van der Waals surface area contributed by atoms with Gasteiger partial charge in [0.25, 0.3) is 11.9 Å². The van der Waals surface area contributed by atoms with E-state index < -0.39 is 10.9 Å². The Morgan fingerprint density at radius 2 is 2.05 bits per heavy atom. The molecule has 0 saturated carbocycles. The first kappa shape index (κ1) is 21.4. The van der Waals surface area contributed by atoms with Gasteiger partial charge in [0.05, 0.1) is 12.0 Å². The topological polar surface area (TPSA) is 168 Å². The smallest absolute Gasteiger partial charge is 0.311 e. The van der Waals surface area contributed by atoms with Gasteiger partial charge in [-0.2, -0.15) is 0 Å². The molecule has 0 aliphatic carbocycles. The Labute approximate surface area is 132 Å². The maximum absolute atomic E-state index is 10.7. The second kappa shape index (κ2) is 10.9. The Hall–Kier alpha value is -2.88. The molecule has 0 saturated heterocycles. The third kappa shape index (κ3) is 9.09. The van der Waals surface area contributed by atoms with E-state index in [9.17, 15) is 10.1 Å². The Bertz CT molecular complexity index is 568. The molecular weight excluding hydrogens is 318 g/mol. The van der Waals surface area contributed by atoms with E-state index in [-0.39, 0.29) is 29.8 Å². The number of nitrogens with zero attached hydrogens (tertiary/aromatic N) is 2. The van der Waals surface area contributed by atoms with Crippen molar-refractivity contribution in [1.82, 2.24) is 0 Å². The van der Waals surface area contributed by atoms with Crippen LogP contribution in [0, 0.1) is 10.1 Å². The molecule has 122 valence electrons. The summed E-state index contributed by atoms with van der Waals surface area (Å²) in [5.74, 6) is -0.779. The van der Waals surface area contributed by atoms with Crippen molar-refractivity contribution in [3.8, 4) is 5.75 Å². The highest BCUT2D eigenvalue weighted by Crippen LogP contribution is 2.26. The average Bonchev–Trinajstić information content (AvgIpc) is 2.37. The van der Waals surface area contributed by atoms with Crippen molar-refractivity contribution in [2.75, 3.05) is 7.11 Å². The van der Waals surface area contributed by atoms with Crippen molar-refractivity contribution in [3.63, 3.8) is 0 Å². The fourth-order valence-electron chi connectivity index (χ4n) is 1.12. The fourth-order valence-corrected chi connectivity index (χ4v) is 1.12. The van der Waals surface area contributed by atoms with Crippen LogP contribution in [0.2, 0.25) is 0 Å². The van der Waals surface area contributed by atoms with Crippen LogP contribution in [-0.4, -0.2) is 35.3 Å². The van der Waals surface area contributed by atoms with E-state index in [0.29, 0.717) is 5.56 Å². The van der Waals surface area contributed by atoms with Gasteiger partial charge < -0.3 is 33.7 Å². The van der Waals surface area contributed by atoms with Gasteiger partial charge in [0.15, 0.2) is 5.75 Å². The molecule has 0 unspecified atom stereocenters. The number of aliphatic carboxylic acids is 1. The number of nitro benzene ring substituents is 1. The number of nitrogens with two attached hydrogens (primary N) is 2. The van der Waals surface area contributed by atoms with E-state index in [1.807, 2.05) is 0 Å². The molecule has 10 nitrogen and oxygen atoms in total. The summed E-state index contributed by atoms with van der Waals surface area (Å²) in [6.07, 6.45) is 1.42. The SMILES string of the molecule is CC(=O)O.COc1ccc(C=[NH+]N=C(N)N)cc1[N+](=O)[O-].[Cl-]. The number of carboxylic acid groups (broad SMARTS) is 1. The Morgan fingerprint density at radius 3 is 2.45 bits per heavy atom. The monoisotopic (exact) mass is 333 g/mol. The molecule has 0 aliphatic heterocycles. The number of benzene rings is 1. The summed E-state index contributed by atoms with van der Waals surface area (Å²) >= 11 is 0. The van der Waals surface area contributed by atoms with E-state index in [4.69, 9.17) is 26.1 Å². The van der Waals surface area contributed by atoms with E-state index >= 15 is 0 Å². The Morgan fingerprint density at radius 1 is 1.50 bits per heavy atom. The van der Waals surface area contributed by atoms with Crippen LogP contribution in [-0.2, 0) is 4.79 Å². The number of halogens is 1. The predicted octanol–water partition coefficient (Wildman–Crippen LogP) is -4.61. The highest BCUT2D eigenvalue weighted by atomic mass is 35.5. The fraction of sp³-hybridized carbons (Fsp3) is 0.182. The van der Waals surface area contributed by atoms with Crippen molar-refractivity contribution < 1.29 is 37.1 Å². The van der Waals surface area contributed by atoms with Crippen LogP contribution >= 0.6 is 0 Å². The van der Waals surface area contributed by atoms with Gasteiger partial charge in [-0.15, -0.1) is 5.10 Å². The van der Waals surface area contributed by atoms with E-state index in [1.165, 1.54) is 25.5 Å². The molecule has 0 atom stereocenters. The molecule has 1 aromatic rings. The number of nitro groups is 1. The largest absolute Gasteiger partial charge is 1.00 e. The summed E-state index contributed by atoms with van der Waals surface area (Å²) in [6, 6.07) is 4.45. The standard InChI is InChI=1S/C9H11N5O3.C2H4O2.ClH/c1-17-8-3-2-6(4-7(8)14(15)16)5-12-13-9(10)11;1-2(3)4;/h2-5H,1H3,(H4,10,11,13);1H3,(H,3,4);1H. The summed E-state index contributed by atoms with van der Waals surface area (Å²) < 4.78 is 4.86. The lowest BCUT2D eigenvalue weighted by atomic mass is 10.2. The zero-order valence-electron chi connectivity index (χ0n) is 11.8. The van der Waals surface area contributed by atoms with Crippen molar-refractivity contribution in [1.29, 1.82) is 0 Å². The third-order valence-corrected chi connectivity index (χ3v) is 1.82. The van der Waals surface area contributed by atoms with Crippen LogP contribution in [0.25, 0.3) is 0 Å². The molecule has 1 aromatic carbocycles. The van der Waals surface area contributed by atoms with Crippen molar-refractivity contribution in [3.05, 3.63) is 33.9 Å². The molecule has 0 radical (unpaired) electrons. The summed E-state index contributed by atoms with van der Waals surface area (Å²) in [4.78, 5) is 19.2. The molecule has 0 aliphatic rings. The van der Waals surface area contributed by atoms with Crippen molar-refractivity contribution in [2.45, 2.75) is 6.92 Å². The van der Waals surface area contributed by atoms with E-state index in [1.54, 1.807) is 6.07 Å². The third-order valence-electron chi connectivity index (χ3n) is 1.82. The molecule has 22 heavy (non-hydrogen) atoms. The number of guanidine groups is 1. The quantitative estimate of drug-likeness (QED) is 0.186. The molecule has 0 spiro atoms. The number of carboxylic acids is 1. The minimum Gasteiger partial charge on any atom is -1.00 e. The number of hydrogen-bond donors (Lipinski definition) is 4. The van der Waals surface area contributed by atoms with Crippen LogP contribution in [0.3, 0.4) is 0 Å². The van der Waals surface area contributed by atoms with Crippen molar-refractivity contribution in [2.24, 2.45) is 16.6 Å². The number of ether oxygens (including phenoxy) is 1. The number of nitrogens with one attached hydrogen (secondary N) is 1. The second-order valence-corrected chi connectivity index (χ2v) is 3.52. The molecule has 1 rings (SSSR count). The van der Waals surface area contributed by atoms with Gasteiger partial charge in [0.2, 0.25) is 6.21 Å². The minimum absolute atomic E-state index is 0. The zero-order valence-corrected chi connectivity index (χ0v) is 12.6. The number of carbonyl (C=O) groups is 1. The van der Waals surface area contributed by atoms with E-state index in [0.717, 1.165) is 6.92 Å². The molecular formula is C11H16ClN5O5. The Balaban J connectivity index is 0. The predicted molar refractivity (Wildman–Crippen MR) is 74.9 cm³/mol. The molecule has 6 N–H and O–H groups in total. The first-order valence-corrected chi connectivity index (χ1v) is 5.47. The van der Waals surface area contributed by atoms with E-state index in [2.05, 4.69) is 10.2 Å². The molecule has 0 aromatic heterocycles. The molecule has 0 amide bonds. The van der Waals surface area contributed by atoms with Gasteiger partial charge in [-0.25, -0.2) is 0 Å². The zero-order chi connectivity index (χ0) is 16.4. The van der Waals surface area contributed by atoms with Crippen LogP contribution < -0.4 is 33.7 Å². The van der Waals surface area contributed by atoms with Gasteiger partial charge >= 0.3 is 5.69 Å². The van der Waals surface area contributed by atoms with Crippen LogP contribution in [0.15, 0.2) is 23.3 Å². The lowest BCUT2D eigenvalue weighted by molar-refractivity contribution is -0.456. The minimum atomic E-state index is -0.833. The Kier molecular flexibility index (Phi) is 10.6. The first-order valence-electron chi connectivity index (χ1n) is 5.47. The van der Waals surface area contributed by atoms with Crippen LogP contribution in [0.4, 0.5) is 5.69 Å². The number of hydrogen-bond acceptors (Lipinski definition) is 5. The van der Waals surface area contributed by atoms with Crippen LogP contribution in [0.1, 0.15) is 12.5 Å². The number of hydrazone groups is 1. The molecule has 0 fully saturated rings. The summed E-state index contributed by atoms with van der Waals surface area (Å²) in [5, 5.41) is 24.1. The van der Waals surface area contributed by atoms with Gasteiger partial charge in [0.1, 0.15) is 0 Å². The number of methoxy groups -OCH3 is 1. The van der Waals surface area contributed by atoms with Gasteiger partial charge in [-0.1, -0.05) is 0 Å². The summed E-state index contributed by atoms with van der Waals surface area (Å²) in [7, 11) is 1.36. The summed E-state index contributed by atoms with van der Waals surface area (Å²) in [6.45, 7) is 1.08. The lowest BCUT2D eigenvalue weighted by Crippen LogP contribution is -3.00. The van der Waals surface area contributed by atoms with Gasteiger partial charge in [-0.3, -0.25) is 14.9 Å². The average molecular weight is 334 g/mol. The molecule has 11 heteroatoms. The maximum Gasteiger partial charge on any atom is 0.311 e. The van der Waals surface area contributed by atoms with Crippen molar-refractivity contribution >= 4 is 23.8 Å². The van der Waals surface area contributed by atoms with Gasteiger partial charge in [-0.05, 0) is 12.1 Å². The normalized spacial score (nSPS) is 9.00. The lowest BCUT2D eigenvalue weighted by Gasteiger charge is -2.00. The van der Waals surface area contributed by atoms with Crippen LogP contribution in [0.5, 0.6) is 5.75 Å². The highest BCUT2D eigenvalue weighted by Gasteiger charge is 2.15. The number of rotatable bonds is 4. The summed E-state index contributed by atoms with van der Waals surface area (Å²) in [5.41, 5.74) is 10.6. The second-order valence-electron chi connectivity index (χ2n) is 3.52.